The maximum absolute atomic E-state index is 4.68. The molecule has 1 aliphatic carbocycles. The minimum atomic E-state index is 0.626. The zero-order chi connectivity index (χ0) is 14.5. The number of nitrogens with zero attached hydrogens (tertiary/aromatic N) is 3. The third kappa shape index (κ3) is 3.41. The Labute approximate surface area is 123 Å². The van der Waals surface area contributed by atoms with Gasteiger partial charge >= 0.3 is 0 Å². The molecule has 0 aliphatic heterocycles. The first kappa shape index (κ1) is 15.1. The van der Waals surface area contributed by atoms with Gasteiger partial charge in [0.15, 0.2) is 0 Å². The summed E-state index contributed by atoms with van der Waals surface area (Å²) in [6.45, 7) is 7.33. The van der Waals surface area contributed by atoms with Gasteiger partial charge in [-0.05, 0) is 45.4 Å². The van der Waals surface area contributed by atoms with Crippen LogP contribution in [0.1, 0.15) is 51.5 Å². The van der Waals surface area contributed by atoms with Gasteiger partial charge in [-0.3, -0.25) is 0 Å². The summed E-state index contributed by atoms with van der Waals surface area (Å²) < 4.78 is 0. The predicted octanol–water partition coefficient (Wildman–Crippen LogP) is 3.62. The molecular weight excluding hydrogens is 248 g/mol. The maximum atomic E-state index is 4.68. The number of nitrogens with one attached hydrogen (secondary N) is 1. The molecule has 1 aromatic heterocycles. The molecule has 0 saturated heterocycles. The zero-order valence-electron chi connectivity index (χ0n) is 13.3. The fourth-order valence-corrected chi connectivity index (χ4v) is 3.15. The smallest absolute Gasteiger partial charge is 0.224 e. The van der Waals surface area contributed by atoms with E-state index in [1.54, 1.807) is 0 Å². The first-order chi connectivity index (χ1) is 9.65. The molecule has 1 heterocycles. The standard InChI is InChI=1S/C16H28N4/c1-5-13-7-9-14(10-8-13)20(4)15-12(3)11-18-16(19-15)17-6-2/h11,13-14H,5-10H2,1-4H3,(H,17,18,19). The molecule has 4 nitrogen and oxygen atoms in total. The average molecular weight is 276 g/mol. The molecule has 1 fully saturated rings. The Balaban J connectivity index is 2.08. The van der Waals surface area contributed by atoms with E-state index in [9.17, 15) is 0 Å². The van der Waals surface area contributed by atoms with Crippen LogP contribution in [0.5, 0.6) is 0 Å². The van der Waals surface area contributed by atoms with Crippen molar-refractivity contribution < 1.29 is 0 Å². The van der Waals surface area contributed by atoms with Gasteiger partial charge in [0.05, 0.1) is 0 Å². The Bertz CT molecular complexity index is 424. The van der Waals surface area contributed by atoms with Gasteiger partial charge in [0.25, 0.3) is 0 Å². The van der Waals surface area contributed by atoms with E-state index in [0.717, 1.165) is 29.8 Å². The summed E-state index contributed by atoms with van der Waals surface area (Å²) in [5.41, 5.74) is 1.16. The van der Waals surface area contributed by atoms with Gasteiger partial charge in [-0.25, -0.2) is 4.98 Å². The molecule has 0 unspecified atom stereocenters. The third-order valence-electron chi connectivity index (χ3n) is 4.56. The van der Waals surface area contributed by atoms with Crippen molar-refractivity contribution in [3.05, 3.63) is 11.8 Å². The normalized spacial score (nSPS) is 22.6. The van der Waals surface area contributed by atoms with Crippen molar-refractivity contribution in [1.29, 1.82) is 0 Å². The summed E-state index contributed by atoms with van der Waals surface area (Å²) in [6.07, 6.45) is 8.54. The van der Waals surface area contributed by atoms with Gasteiger partial charge < -0.3 is 10.2 Å². The lowest BCUT2D eigenvalue weighted by Gasteiger charge is -2.35. The van der Waals surface area contributed by atoms with E-state index >= 15 is 0 Å². The Hall–Kier alpha value is -1.32. The van der Waals surface area contributed by atoms with E-state index in [4.69, 9.17) is 0 Å². The third-order valence-corrected chi connectivity index (χ3v) is 4.56. The molecule has 0 aromatic carbocycles. The van der Waals surface area contributed by atoms with Crippen molar-refractivity contribution in [1.82, 2.24) is 9.97 Å². The second kappa shape index (κ2) is 6.91. The lowest BCUT2D eigenvalue weighted by Crippen LogP contribution is -2.36. The Morgan fingerprint density at radius 1 is 1.25 bits per heavy atom. The van der Waals surface area contributed by atoms with E-state index in [0.29, 0.717) is 6.04 Å². The number of hydrogen-bond acceptors (Lipinski definition) is 4. The van der Waals surface area contributed by atoms with E-state index in [-0.39, 0.29) is 0 Å². The van der Waals surface area contributed by atoms with Crippen molar-refractivity contribution in [3.8, 4) is 0 Å². The van der Waals surface area contributed by atoms with Crippen LogP contribution in [-0.2, 0) is 0 Å². The Kier molecular flexibility index (Phi) is 5.21. The van der Waals surface area contributed by atoms with E-state index in [1.165, 1.54) is 32.1 Å². The van der Waals surface area contributed by atoms with Crippen LogP contribution < -0.4 is 10.2 Å². The maximum Gasteiger partial charge on any atom is 0.224 e. The fraction of sp³-hybridized carbons (Fsp3) is 0.750. The van der Waals surface area contributed by atoms with Crippen LogP contribution in [0, 0.1) is 12.8 Å². The van der Waals surface area contributed by atoms with Gasteiger partial charge in [-0.1, -0.05) is 13.3 Å². The summed E-state index contributed by atoms with van der Waals surface area (Å²) >= 11 is 0. The van der Waals surface area contributed by atoms with Crippen molar-refractivity contribution in [2.45, 2.75) is 58.9 Å². The molecule has 20 heavy (non-hydrogen) atoms. The van der Waals surface area contributed by atoms with Crippen molar-refractivity contribution >= 4 is 11.8 Å². The highest BCUT2D eigenvalue weighted by Gasteiger charge is 2.24. The molecule has 1 aromatic rings. The van der Waals surface area contributed by atoms with E-state index < -0.39 is 0 Å². The van der Waals surface area contributed by atoms with Crippen LogP contribution in [0.2, 0.25) is 0 Å². The minimum absolute atomic E-state index is 0.626. The highest BCUT2D eigenvalue weighted by atomic mass is 15.2. The Morgan fingerprint density at radius 2 is 1.95 bits per heavy atom. The van der Waals surface area contributed by atoms with Crippen LogP contribution >= 0.6 is 0 Å². The molecule has 4 heteroatoms. The highest BCUT2D eigenvalue weighted by molar-refractivity contribution is 5.49. The summed E-state index contributed by atoms with van der Waals surface area (Å²) in [5.74, 6) is 2.75. The second-order valence-corrected chi connectivity index (χ2v) is 5.92. The number of rotatable bonds is 5. The molecular formula is C16H28N4. The summed E-state index contributed by atoms with van der Waals surface area (Å²) in [4.78, 5) is 11.4. The monoisotopic (exact) mass is 276 g/mol. The van der Waals surface area contributed by atoms with Crippen molar-refractivity contribution in [3.63, 3.8) is 0 Å². The molecule has 1 saturated carbocycles. The fourth-order valence-electron chi connectivity index (χ4n) is 3.15. The van der Waals surface area contributed by atoms with Gasteiger partial charge in [0, 0.05) is 31.4 Å². The second-order valence-electron chi connectivity index (χ2n) is 5.92. The summed E-state index contributed by atoms with van der Waals surface area (Å²) in [5, 5.41) is 3.20. The first-order valence-corrected chi connectivity index (χ1v) is 7.96. The quantitative estimate of drug-likeness (QED) is 0.891. The van der Waals surface area contributed by atoms with Crippen LogP contribution in [0.3, 0.4) is 0 Å². The van der Waals surface area contributed by atoms with Gasteiger partial charge in [-0.2, -0.15) is 4.98 Å². The van der Waals surface area contributed by atoms with Gasteiger partial charge in [0.1, 0.15) is 5.82 Å². The molecule has 1 aliphatic rings. The summed E-state index contributed by atoms with van der Waals surface area (Å²) in [6, 6.07) is 0.626. The predicted molar refractivity (Wildman–Crippen MR) is 85.4 cm³/mol. The van der Waals surface area contributed by atoms with Crippen LogP contribution in [0.25, 0.3) is 0 Å². The van der Waals surface area contributed by atoms with Crippen molar-refractivity contribution in [2.75, 3.05) is 23.8 Å². The molecule has 2 rings (SSSR count). The van der Waals surface area contributed by atoms with Crippen LogP contribution in [0.15, 0.2) is 6.20 Å². The molecule has 112 valence electrons. The van der Waals surface area contributed by atoms with E-state index in [1.807, 2.05) is 6.20 Å². The number of hydrogen-bond donors (Lipinski definition) is 1. The van der Waals surface area contributed by atoms with Gasteiger partial charge in [0.2, 0.25) is 5.95 Å². The lowest BCUT2D eigenvalue weighted by atomic mass is 9.84. The minimum Gasteiger partial charge on any atom is -0.356 e. The number of aromatic nitrogens is 2. The largest absolute Gasteiger partial charge is 0.356 e. The van der Waals surface area contributed by atoms with Crippen LogP contribution in [0.4, 0.5) is 11.8 Å². The summed E-state index contributed by atoms with van der Waals surface area (Å²) in [7, 11) is 2.18. The Morgan fingerprint density at radius 3 is 2.55 bits per heavy atom. The average Bonchev–Trinajstić information content (AvgIpc) is 2.49. The highest BCUT2D eigenvalue weighted by Crippen LogP contribution is 2.31. The first-order valence-electron chi connectivity index (χ1n) is 7.96. The molecule has 0 atom stereocenters. The number of anilines is 2. The molecule has 1 N–H and O–H groups in total. The molecule has 0 spiro atoms. The van der Waals surface area contributed by atoms with Crippen molar-refractivity contribution in [2.24, 2.45) is 5.92 Å². The van der Waals surface area contributed by atoms with Gasteiger partial charge in [-0.15, -0.1) is 0 Å². The zero-order valence-corrected chi connectivity index (χ0v) is 13.3. The molecule has 0 amide bonds. The topological polar surface area (TPSA) is 41.1 Å². The van der Waals surface area contributed by atoms with E-state index in [2.05, 4.69) is 48.0 Å². The van der Waals surface area contributed by atoms with Crippen LogP contribution in [-0.4, -0.2) is 29.6 Å². The molecule has 0 radical (unpaired) electrons. The SMILES string of the molecule is CCNc1ncc(C)c(N(C)C2CCC(CC)CC2)n1. The molecule has 0 bridgehead atoms. The number of aryl methyl sites for hydroxylation is 1. The lowest BCUT2D eigenvalue weighted by molar-refractivity contribution is 0.312.